The first kappa shape index (κ1) is 33.2. The molecule has 42 heavy (non-hydrogen) atoms. The minimum absolute atomic E-state index is 0.0506. The van der Waals surface area contributed by atoms with E-state index in [-0.39, 0.29) is 27.5 Å². The number of hydrogen-bond donors (Lipinski definition) is 2. The first-order chi connectivity index (χ1) is 20.3. The molecule has 2 aromatic carbocycles. The van der Waals surface area contributed by atoms with Gasteiger partial charge in [-0.1, -0.05) is 61.3 Å². The summed E-state index contributed by atoms with van der Waals surface area (Å²) in [5.74, 6) is -0.658. The number of likely N-dealkylation sites (tertiary alicyclic amines) is 1. The summed E-state index contributed by atoms with van der Waals surface area (Å²) >= 11 is 11.9. The van der Waals surface area contributed by atoms with Crippen molar-refractivity contribution < 1.29 is 18.5 Å². The van der Waals surface area contributed by atoms with Gasteiger partial charge in [0.1, 0.15) is 12.1 Å². The van der Waals surface area contributed by atoms with E-state index in [1.807, 2.05) is 26.8 Å². The summed E-state index contributed by atoms with van der Waals surface area (Å²) in [5.41, 5.74) is 0.745. The van der Waals surface area contributed by atoms with Gasteiger partial charge in [-0.2, -0.15) is 0 Å². The highest BCUT2D eigenvalue weighted by atomic mass is 35.5. The van der Waals surface area contributed by atoms with Gasteiger partial charge in [0.2, 0.25) is 6.41 Å². The van der Waals surface area contributed by atoms with Crippen LogP contribution in [-0.2, 0) is 15.8 Å². The van der Waals surface area contributed by atoms with E-state index in [9.17, 15) is 18.5 Å². The van der Waals surface area contributed by atoms with Crippen LogP contribution in [0.3, 0.4) is 0 Å². The number of nitrogens with one attached hydrogen (secondary N) is 1. The molecule has 3 heterocycles. The summed E-state index contributed by atoms with van der Waals surface area (Å²) in [4.78, 5) is 22.0. The fourth-order valence-corrected chi connectivity index (χ4v) is 6.03. The Kier molecular flexibility index (Phi) is 12.5. The fraction of sp³-hybridized carbons (Fsp3) is 0.300. The molecule has 8 nitrogen and oxygen atoms in total. The first-order valence-electron chi connectivity index (χ1n) is 13.5. The lowest BCUT2D eigenvalue weighted by Gasteiger charge is -2.32. The Bertz CT molecular complexity index is 1530. The van der Waals surface area contributed by atoms with Crippen LogP contribution in [0.15, 0.2) is 72.4 Å². The standard InChI is InChI=1S/C25H22Cl2FN5O3S.C3H6.C2H6/c26-18-6-7-19(22(28)21(18)27)31-24-17-12-20(23(35)15-8-10-32(14-34)11-9-15)33(25(17)30-13-29-24)37(36)16-4-2-1-3-5-16;1-3-2;1-2/h1-7,12-15,23,35H,8-11H2,(H,29,30,31);3H,1H2,2H3;1-2H3. The molecule has 1 aliphatic rings. The van der Waals surface area contributed by atoms with Crippen LogP contribution in [0.1, 0.15) is 45.4 Å². The highest BCUT2D eigenvalue weighted by molar-refractivity contribution is 7.83. The van der Waals surface area contributed by atoms with Crippen LogP contribution in [0, 0.1) is 11.7 Å². The molecule has 224 valence electrons. The lowest BCUT2D eigenvalue weighted by atomic mass is 9.90. The van der Waals surface area contributed by atoms with Crippen LogP contribution in [-0.4, -0.2) is 47.7 Å². The van der Waals surface area contributed by atoms with Gasteiger partial charge in [-0.3, -0.25) is 4.79 Å². The zero-order chi connectivity index (χ0) is 30.8. The van der Waals surface area contributed by atoms with E-state index in [4.69, 9.17) is 23.2 Å². The molecule has 2 N–H and O–H groups in total. The zero-order valence-electron chi connectivity index (χ0n) is 23.6. The molecule has 0 bridgehead atoms. The molecule has 1 fully saturated rings. The molecular weight excluding hydrogens is 600 g/mol. The molecular formula is C30H34Cl2FN5O3S. The minimum Gasteiger partial charge on any atom is -0.387 e. The van der Waals surface area contributed by atoms with E-state index >= 15 is 0 Å². The summed E-state index contributed by atoms with van der Waals surface area (Å²) in [7, 11) is -1.74. The maximum Gasteiger partial charge on any atom is 0.209 e. The lowest BCUT2D eigenvalue weighted by molar-refractivity contribution is -0.120. The molecule has 1 amide bonds. The van der Waals surface area contributed by atoms with Crippen LogP contribution in [0.4, 0.5) is 15.9 Å². The maximum atomic E-state index is 14.8. The number of allylic oxidation sites excluding steroid dienone is 1. The second-order valence-electron chi connectivity index (χ2n) is 9.07. The van der Waals surface area contributed by atoms with Crippen molar-refractivity contribution >= 4 is 63.1 Å². The number of nitrogens with zero attached hydrogens (tertiary/aromatic N) is 4. The molecule has 12 heteroatoms. The van der Waals surface area contributed by atoms with Crippen LogP contribution in [0.5, 0.6) is 0 Å². The predicted octanol–water partition coefficient (Wildman–Crippen LogP) is 7.31. The topological polar surface area (TPSA) is 100 Å². The Morgan fingerprint density at radius 2 is 1.79 bits per heavy atom. The third kappa shape index (κ3) is 7.36. The van der Waals surface area contributed by atoms with Gasteiger partial charge in [-0.15, -0.1) is 6.58 Å². The Labute approximate surface area is 257 Å². The third-order valence-electron chi connectivity index (χ3n) is 6.45. The summed E-state index contributed by atoms with van der Waals surface area (Å²) in [6.45, 7) is 10.3. The average Bonchev–Trinajstić information content (AvgIpc) is 3.43. The van der Waals surface area contributed by atoms with Crippen molar-refractivity contribution in [2.24, 2.45) is 5.92 Å². The van der Waals surface area contributed by atoms with Crippen molar-refractivity contribution in [1.82, 2.24) is 18.8 Å². The molecule has 0 radical (unpaired) electrons. The molecule has 4 aromatic rings. The summed E-state index contributed by atoms with van der Waals surface area (Å²) in [6, 6.07) is 13.4. The van der Waals surface area contributed by atoms with E-state index in [1.54, 1.807) is 41.3 Å². The van der Waals surface area contributed by atoms with Crippen LogP contribution in [0.2, 0.25) is 10.0 Å². The number of rotatable bonds is 7. The number of aliphatic hydroxyl groups is 1. The quantitative estimate of drug-likeness (QED) is 0.126. The molecule has 2 atom stereocenters. The second kappa shape index (κ2) is 15.8. The number of aliphatic hydroxyl groups excluding tert-OH is 1. The lowest BCUT2D eigenvalue weighted by Crippen LogP contribution is -2.35. The largest absolute Gasteiger partial charge is 0.387 e. The number of fused-ring (bicyclic) bond motifs is 1. The highest BCUT2D eigenvalue weighted by Crippen LogP contribution is 2.37. The maximum absolute atomic E-state index is 14.8. The number of carbonyl (C=O) groups is 1. The number of carbonyl (C=O) groups excluding carboxylic acids is 1. The normalized spacial score (nSPS) is 14.6. The number of anilines is 2. The predicted molar refractivity (Wildman–Crippen MR) is 168 cm³/mol. The van der Waals surface area contributed by atoms with Gasteiger partial charge in [0, 0.05) is 13.1 Å². The van der Waals surface area contributed by atoms with Crippen molar-refractivity contribution in [2.75, 3.05) is 18.4 Å². The van der Waals surface area contributed by atoms with Gasteiger partial charge in [-0.05, 0) is 56.0 Å². The molecule has 5 rings (SSSR count). The fourth-order valence-electron chi connectivity index (χ4n) is 4.46. The van der Waals surface area contributed by atoms with Crippen molar-refractivity contribution in [3.05, 3.63) is 89.1 Å². The third-order valence-corrected chi connectivity index (χ3v) is 8.63. The average molecular weight is 635 g/mol. The first-order valence-corrected chi connectivity index (χ1v) is 15.4. The van der Waals surface area contributed by atoms with Crippen LogP contribution < -0.4 is 5.32 Å². The molecule has 1 saturated heterocycles. The number of aromatic nitrogens is 3. The van der Waals surface area contributed by atoms with Gasteiger partial charge in [0.15, 0.2) is 22.5 Å². The van der Waals surface area contributed by atoms with Crippen molar-refractivity contribution in [2.45, 2.75) is 44.6 Å². The second-order valence-corrected chi connectivity index (χ2v) is 11.2. The van der Waals surface area contributed by atoms with Gasteiger partial charge >= 0.3 is 0 Å². The van der Waals surface area contributed by atoms with Crippen LogP contribution in [0.25, 0.3) is 11.0 Å². The Morgan fingerprint density at radius 3 is 2.40 bits per heavy atom. The van der Waals surface area contributed by atoms with E-state index in [0.29, 0.717) is 47.6 Å². The molecule has 1 aliphatic heterocycles. The molecule has 0 spiro atoms. The number of hydrogen-bond acceptors (Lipinski definition) is 6. The highest BCUT2D eigenvalue weighted by Gasteiger charge is 2.31. The van der Waals surface area contributed by atoms with Gasteiger partial charge in [-0.25, -0.2) is 22.5 Å². The Balaban J connectivity index is 0.000000910. The number of benzene rings is 2. The number of piperidine rings is 1. The van der Waals surface area contributed by atoms with Crippen molar-refractivity contribution in [1.29, 1.82) is 0 Å². The van der Waals surface area contributed by atoms with Crippen molar-refractivity contribution in [3.8, 4) is 0 Å². The van der Waals surface area contributed by atoms with E-state index in [1.165, 1.54) is 22.4 Å². The summed E-state index contributed by atoms with van der Waals surface area (Å²) < 4.78 is 30.0. The smallest absolute Gasteiger partial charge is 0.209 e. The van der Waals surface area contributed by atoms with Crippen LogP contribution >= 0.6 is 23.2 Å². The molecule has 0 aliphatic carbocycles. The zero-order valence-corrected chi connectivity index (χ0v) is 26.0. The molecule has 2 unspecified atom stereocenters. The minimum atomic E-state index is -1.74. The summed E-state index contributed by atoms with van der Waals surface area (Å²) in [5, 5.41) is 14.7. The Hall–Kier alpha value is -3.31. The van der Waals surface area contributed by atoms with Crippen molar-refractivity contribution in [3.63, 3.8) is 0 Å². The number of amides is 1. The molecule has 2 aromatic heterocycles. The number of halogens is 3. The van der Waals surface area contributed by atoms with Gasteiger partial charge in [0.05, 0.1) is 37.8 Å². The van der Waals surface area contributed by atoms with Gasteiger partial charge < -0.3 is 15.3 Å². The summed E-state index contributed by atoms with van der Waals surface area (Å²) in [6.07, 6.45) is 4.03. The van der Waals surface area contributed by atoms with E-state index in [0.717, 1.165) is 6.41 Å². The SMILES string of the molecule is C=CC.CC.O=CN1CCC(C(O)c2cc3c(Nc4ccc(Cl)c(Cl)c4F)ncnc3n2S(=O)c2ccccc2)CC1. The van der Waals surface area contributed by atoms with E-state index in [2.05, 4.69) is 21.9 Å². The Morgan fingerprint density at radius 1 is 1.14 bits per heavy atom. The molecule has 0 saturated carbocycles. The van der Waals surface area contributed by atoms with Gasteiger partial charge in [0.25, 0.3) is 0 Å². The van der Waals surface area contributed by atoms with E-state index < -0.39 is 22.9 Å². The monoisotopic (exact) mass is 633 g/mol.